The number of aryl methyl sites for hydroxylation is 1. The second-order valence-electron chi connectivity index (χ2n) is 4.03. The predicted molar refractivity (Wildman–Crippen MR) is 58.5 cm³/mol. The number of carbonyl (C=O) groups excluding carboxylic acids is 1. The van der Waals surface area contributed by atoms with Crippen LogP contribution in [0.15, 0.2) is 5.51 Å². The van der Waals surface area contributed by atoms with E-state index < -0.39 is 18.9 Å². The number of aromatic nitrogens is 1. The molecule has 0 radical (unpaired) electrons. The highest BCUT2D eigenvalue weighted by Crippen LogP contribution is 2.22. The van der Waals surface area contributed by atoms with E-state index in [-0.39, 0.29) is 19.0 Å². The second-order valence-corrected chi connectivity index (χ2v) is 4.88. The molecule has 1 amide bonds. The molecule has 0 unspecified atom stereocenters. The Bertz CT molecular complexity index is 441. The summed E-state index contributed by atoms with van der Waals surface area (Å²) < 4.78 is 40.3. The summed E-state index contributed by atoms with van der Waals surface area (Å²) in [5, 5.41) is 0. The maximum absolute atomic E-state index is 11.9. The van der Waals surface area contributed by atoms with Gasteiger partial charge in [0.1, 0.15) is 11.5 Å². The summed E-state index contributed by atoms with van der Waals surface area (Å²) >= 11 is 1.23. The van der Waals surface area contributed by atoms with Gasteiger partial charge in [-0.25, -0.2) is 4.98 Å². The van der Waals surface area contributed by atoms with Crippen LogP contribution in [0.2, 0.25) is 0 Å². The van der Waals surface area contributed by atoms with Crippen molar-refractivity contribution in [2.75, 3.05) is 19.7 Å². The third kappa shape index (κ3) is 2.99. The highest BCUT2D eigenvalue weighted by Gasteiger charge is 2.36. The topological polar surface area (TPSA) is 42.4 Å². The molecule has 1 aliphatic rings. The minimum absolute atomic E-state index is 0.193. The Morgan fingerprint density at radius 2 is 2.28 bits per heavy atom. The average molecular weight is 280 g/mol. The molecular formula is C10H11F3N2O2S. The van der Waals surface area contributed by atoms with Gasteiger partial charge in [-0.05, 0) is 6.92 Å². The zero-order chi connectivity index (χ0) is 13.3. The number of likely N-dealkylation sites (tertiary alicyclic amines) is 1. The summed E-state index contributed by atoms with van der Waals surface area (Å²) in [4.78, 5) is 17.8. The fourth-order valence-corrected chi connectivity index (χ4v) is 2.34. The van der Waals surface area contributed by atoms with E-state index in [2.05, 4.69) is 9.72 Å². The quantitative estimate of drug-likeness (QED) is 0.848. The maximum Gasteiger partial charge on any atom is 0.411 e. The van der Waals surface area contributed by atoms with Crippen molar-refractivity contribution in [3.63, 3.8) is 0 Å². The van der Waals surface area contributed by atoms with Crippen LogP contribution in [-0.2, 0) is 4.74 Å². The molecule has 8 heteroatoms. The molecule has 1 fully saturated rings. The second kappa shape index (κ2) is 4.85. The molecule has 4 nitrogen and oxygen atoms in total. The lowest BCUT2D eigenvalue weighted by molar-refractivity contribution is -0.196. The number of ether oxygens (including phenoxy) is 1. The van der Waals surface area contributed by atoms with Crippen molar-refractivity contribution < 1.29 is 22.7 Å². The van der Waals surface area contributed by atoms with Gasteiger partial charge in [0, 0.05) is 13.1 Å². The number of amides is 1. The standard InChI is InChI=1S/C10H11F3N2O2S/c1-6-8(18-5-14-6)9(16)15-2-7(3-15)17-4-10(11,12)13/h5,7H,2-4H2,1H3. The Balaban J connectivity index is 1.79. The van der Waals surface area contributed by atoms with E-state index in [0.717, 1.165) is 0 Å². The monoisotopic (exact) mass is 280 g/mol. The first-order valence-electron chi connectivity index (χ1n) is 5.24. The SMILES string of the molecule is Cc1ncsc1C(=O)N1CC(OCC(F)(F)F)C1. The summed E-state index contributed by atoms with van der Waals surface area (Å²) in [6.07, 6.45) is -4.85. The summed E-state index contributed by atoms with van der Waals surface area (Å²) in [5.74, 6) is -0.193. The fourth-order valence-electron chi connectivity index (χ4n) is 1.57. The van der Waals surface area contributed by atoms with Gasteiger partial charge >= 0.3 is 6.18 Å². The molecule has 0 N–H and O–H groups in total. The fraction of sp³-hybridized carbons (Fsp3) is 0.600. The highest BCUT2D eigenvalue weighted by molar-refractivity contribution is 7.11. The molecule has 2 rings (SSSR count). The molecule has 0 aliphatic carbocycles. The van der Waals surface area contributed by atoms with Crippen LogP contribution in [0.25, 0.3) is 0 Å². The summed E-state index contributed by atoms with van der Waals surface area (Å²) in [6, 6.07) is 0. The van der Waals surface area contributed by atoms with Crippen molar-refractivity contribution in [1.82, 2.24) is 9.88 Å². The lowest BCUT2D eigenvalue weighted by atomic mass is 10.1. The third-order valence-corrected chi connectivity index (χ3v) is 3.47. The largest absolute Gasteiger partial charge is 0.411 e. The van der Waals surface area contributed by atoms with E-state index >= 15 is 0 Å². The maximum atomic E-state index is 11.9. The van der Waals surface area contributed by atoms with Crippen molar-refractivity contribution in [3.05, 3.63) is 16.1 Å². The Hall–Kier alpha value is -1.15. The van der Waals surface area contributed by atoms with Crippen molar-refractivity contribution in [2.45, 2.75) is 19.2 Å². The van der Waals surface area contributed by atoms with E-state index in [1.165, 1.54) is 16.2 Å². The van der Waals surface area contributed by atoms with Gasteiger partial charge in [-0.15, -0.1) is 11.3 Å². The van der Waals surface area contributed by atoms with E-state index in [9.17, 15) is 18.0 Å². The molecule has 2 heterocycles. The summed E-state index contributed by atoms with van der Waals surface area (Å²) in [5.41, 5.74) is 2.21. The van der Waals surface area contributed by atoms with E-state index in [0.29, 0.717) is 10.6 Å². The van der Waals surface area contributed by atoms with E-state index in [1.807, 2.05) is 0 Å². The van der Waals surface area contributed by atoms with Crippen LogP contribution in [0.5, 0.6) is 0 Å². The number of halogens is 3. The Kier molecular flexibility index (Phi) is 3.58. The van der Waals surface area contributed by atoms with Crippen molar-refractivity contribution in [3.8, 4) is 0 Å². The normalized spacial score (nSPS) is 16.8. The average Bonchev–Trinajstić information content (AvgIpc) is 2.59. The van der Waals surface area contributed by atoms with Gasteiger partial charge in [-0.3, -0.25) is 4.79 Å². The van der Waals surface area contributed by atoms with Crippen LogP contribution in [0, 0.1) is 6.92 Å². The van der Waals surface area contributed by atoms with Crippen molar-refractivity contribution >= 4 is 17.2 Å². The van der Waals surface area contributed by atoms with Crippen LogP contribution in [0.4, 0.5) is 13.2 Å². The first-order chi connectivity index (χ1) is 8.37. The van der Waals surface area contributed by atoms with Gasteiger partial charge in [-0.2, -0.15) is 13.2 Å². The highest BCUT2D eigenvalue weighted by atomic mass is 32.1. The van der Waals surface area contributed by atoms with Crippen LogP contribution in [0.1, 0.15) is 15.4 Å². The van der Waals surface area contributed by atoms with Crippen molar-refractivity contribution in [1.29, 1.82) is 0 Å². The molecule has 0 saturated carbocycles. The van der Waals surface area contributed by atoms with Crippen LogP contribution in [0.3, 0.4) is 0 Å². The van der Waals surface area contributed by atoms with Crippen molar-refractivity contribution in [2.24, 2.45) is 0 Å². The zero-order valence-electron chi connectivity index (χ0n) is 9.53. The number of nitrogens with zero attached hydrogens (tertiary/aromatic N) is 2. The number of hydrogen-bond donors (Lipinski definition) is 0. The Labute approximate surface area is 105 Å². The molecule has 18 heavy (non-hydrogen) atoms. The van der Waals surface area contributed by atoms with E-state index in [4.69, 9.17) is 0 Å². The number of alkyl halides is 3. The summed E-state index contributed by atoms with van der Waals surface area (Å²) in [7, 11) is 0. The van der Waals surface area contributed by atoms with Gasteiger partial charge in [-0.1, -0.05) is 0 Å². The first kappa shape index (κ1) is 13.3. The van der Waals surface area contributed by atoms with Crippen LogP contribution in [-0.4, -0.2) is 47.8 Å². The van der Waals surface area contributed by atoms with Crippen LogP contribution >= 0.6 is 11.3 Å². The summed E-state index contributed by atoms with van der Waals surface area (Å²) in [6.45, 7) is 0.860. The molecule has 0 spiro atoms. The lowest BCUT2D eigenvalue weighted by Crippen LogP contribution is -2.55. The molecule has 0 aromatic carbocycles. The minimum atomic E-state index is -4.32. The Morgan fingerprint density at radius 3 is 2.78 bits per heavy atom. The van der Waals surface area contributed by atoms with Gasteiger partial charge < -0.3 is 9.64 Å². The smallest absolute Gasteiger partial charge is 0.365 e. The van der Waals surface area contributed by atoms with Crippen LogP contribution < -0.4 is 0 Å². The molecule has 1 aromatic heterocycles. The molecular weight excluding hydrogens is 269 g/mol. The lowest BCUT2D eigenvalue weighted by Gasteiger charge is -2.38. The zero-order valence-corrected chi connectivity index (χ0v) is 10.3. The van der Waals surface area contributed by atoms with Gasteiger partial charge in [0.05, 0.1) is 17.3 Å². The first-order valence-corrected chi connectivity index (χ1v) is 6.12. The third-order valence-electron chi connectivity index (χ3n) is 2.56. The predicted octanol–water partition coefficient (Wildman–Crippen LogP) is 1.85. The molecule has 1 saturated heterocycles. The molecule has 1 aromatic rings. The minimum Gasteiger partial charge on any atom is -0.365 e. The number of carbonyl (C=O) groups is 1. The van der Waals surface area contributed by atoms with Gasteiger partial charge in [0.2, 0.25) is 0 Å². The number of thiazole rings is 1. The Morgan fingerprint density at radius 1 is 1.61 bits per heavy atom. The number of rotatable bonds is 3. The molecule has 0 atom stereocenters. The van der Waals surface area contributed by atoms with Gasteiger partial charge in [0.15, 0.2) is 0 Å². The molecule has 100 valence electrons. The van der Waals surface area contributed by atoms with E-state index in [1.54, 1.807) is 12.4 Å². The molecule has 0 bridgehead atoms. The number of hydrogen-bond acceptors (Lipinski definition) is 4. The van der Waals surface area contributed by atoms with Gasteiger partial charge in [0.25, 0.3) is 5.91 Å². The molecule has 1 aliphatic heterocycles.